The second-order valence-corrected chi connectivity index (χ2v) is 10.6. The Balaban J connectivity index is 1.77. The van der Waals surface area contributed by atoms with Crippen LogP contribution in [0.2, 0.25) is 0 Å². The summed E-state index contributed by atoms with van der Waals surface area (Å²) in [4.78, 5) is 44.1. The van der Waals surface area contributed by atoms with Crippen molar-refractivity contribution < 1.29 is 19.1 Å². The average molecular weight is 561 g/mol. The fraction of sp³-hybridized carbons (Fsp3) is 0.455. The molecule has 0 radical (unpaired) electrons. The van der Waals surface area contributed by atoms with Crippen LogP contribution in [0.4, 0.5) is 0 Å². The molecule has 41 heavy (non-hydrogen) atoms. The summed E-state index contributed by atoms with van der Waals surface area (Å²) >= 11 is 0. The lowest BCUT2D eigenvalue weighted by molar-refractivity contribution is -0.133. The second-order valence-electron chi connectivity index (χ2n) is 10.6. The number of aromatic nitrogens is 1. The van der Waals surface area contributed by atoms with Gasteiger partial charge in [-0.2, -0.15) is 0 Å². The second kappa shape index (κ2) is 16.4. The van der Waals surface area contributed by atoms with E-state index in [0.717, 1.165) is 41.3 Å². The molecule has 8 heteroatoms. The number of ether oxygens (including phenoxy) is 1. The zero-order valence-corrected chi connectivity index (χ0v) is 24.7. The third-order valence-electron chi connectivity index (χ3n) is 7.41. The van der Waals surface area contributed by atoms with Crippen LogP contribution < -0.4 is 20.7 Å². The highest BCUT2D eigenvalue weighted by molar-refractivity contribution is 5.92. The van der Waals surface area contributed by atoms with Crippen molar-refractivity contribution in [2.45, 2.75) is 77.3 Å². The Labute approximate surface area is 243 Å². The van der Waals surface area contributed by atoms with Crippen molar-refractivity contribution >= 4 is 28.6 Å². The fourth-order valence-corrected chi connectivity index (χ4v) is 4.85. The third-order valence-corrected chi connectivity index (χ3v) is 7.41. The maximum atomic E-state index is 13.7. The minimum atomic E-state index is -0.845. The van der Waals surface area contributed by atoms with Crippen LogP contribution in [0.15, 0.2) is 60.8 Å². The predicted molar refractivity (Wildman–Crippen MR) is 163 cm³/mol. The quantitative estimate of drug-likeness (QED) is 0.219. The van der Waals surface area contributed by atoms with Gasteiger partial charge < -0.3 is 20.7 Å². The minimum absolute atomic E-state index is 0.158. The molecule has 0 aliphatic heterocycles. The smallest absolute Gasteiger partial charge is 0.243 e. The Bertz CT molecular complexity index is 1280. The highest BCUT2D eigenvalue weighted by Crippen LogP contribution is 2.17. The summed E-state index contributed by atoms with van der Waals surface area (Å²) in [6.45, 7) is 4.09. The molecule has 0 fully saturated rings. The summed E-state index contributed by atoms with van der Waals surface area (Å²) < 4.78 is 5.23. The summed E-state index contributed by atoms with van der Waals surface area (Å²) in [5, 5.41) is 9.50. The van der Waals surface area contributed by atoms with Gasteiger partial charge in [-0.05, 0) is 47.9 Å². The monoisotopic (exact) mass is 560 g/mol. The minimum Gasteiger partial charge on any atom is -0.497 e. The number of nitrogens with zero attached hydrogens (tertiary/aromatic N) is 1. The topological polar surface area (TPSA) is 109 Å². The van der Waals surface area contributed by atoms with Crippen molar-refractivity contribution in [1.82, 2.24) is 20.9 Å². The molecule has 3 N–H and O–H groups in total. The van der Waals surface area contributed by atoms with Gasteiger partial charge in [-0.1, -0.05) is 70.2 Å². The first-order valence-corrected chi connectivity index (χ1v) is 14.6. The highest BCUT2D eigenvalue weighted by atomic mass is 16.5. The SMILES string of the molecule is CCCCCCCC(C)C(=O)N[C@@H](Cc1ccc2ncccc2c1)C(=O)N[C@@H](Cc1ccc(OC)cc1)C(=O)NC. The van der Waals surface area contributed by atoms with Gasteiger partial charge in [0.15, 0.2) is 0 Å². The number of pyridine rings is 1. The molecule has 220 valence electrons. The van der Waals surface area contributed by atoms with Crippen molar-refractivity contribution in [3.63, 3.8) is 0 Å². The van der Waals surface area contributed by atoms with Gasteiger partial charge in [0.1, 0.15) is 17.8 Å². The van der Waals surface area contributed by atoms with E-state index < -0.39 is 18.0 Å². The number of unbranched alkanes of at least 4 members (excludes halogenated alkanes) is 4. The van der Waals surface area contributed by atoms with E-state index in [4.69, 9.17) is 4.74 Å². The molecule has 0 aliphatic carbocycles. The first kappa shape index (κ1) is 31.6. The van der Waals surface area contributed by atoms with E-state index in [1.165, 1.54) is 19.3 Å². The fourth-order valence-electron chi connectivity index (χ4n) is 4.85. The van der Waals surface area contributed by atoms with Crippen LogP contribution in [-0.2, 0) is 27.2 Å². The molecule has 1 unspecified atom stereocenters. The lowest BCUT2D eigenvalue weighted by atomic mass is 9.98. The third kappa shape index (κ3) is 9.88. The number of benzene rings is 2. The Morgan fingerprint density at radius 2 is 1.49 bits per heavy atom. The zero-order valence-electron chi connectivity index (χ0n) is 24.7. The van der Waals surface area contributed by atoms with Gasteiger partial charge in [-0.15, -0.1) is 0 Å². The van der Waals surface area contributed by atoms with Crippen LogP contribution in [0.25, 0.3) is 10.9 Å². The number of hydrogen-bond acceptors (Lipinski definition) is 5. The van der Waals surface area contributed by atoms with Crippen LogP contribution in [0, 0.1) is 5.92 Å². The predicted octanol–water partition coefficient (Wildman–Crippen LogP) is 4.74. The van der Waals surface area contributed by atoms with Gasteiger partial charge in [-0.25, -0.2) is 0 Å². The van der Waals surface area contributed by atoms with Crippen molar-refractivity contribution in [3.8, 4) is 5.75 Å². The van der Waals surface area contributed by atoms with E-state index in [1.54, 1.807) is 20.4 Å². The lowest BCUT2D eigenvalue weighted by Gasteiger charge is -2.24. The van der Waals surface area contributed by atoms with Gasteiger partial charge in [-0.3, -0.25) is 19.4 Å². The number of fused-ring (bicyclic) bond motifs is 1. The summed E-state index contributed by atoms with van der Waals surface area (Å²) in [6, 6.07) is 15.4. The summed E-state index contributed by atoms with van der Waals surface area (Å²) in [7, 11) is 3.14. The van der Waals surface area contributed by atoms with Crippen molar-refractivity contribution in [1.29, 1.82) is 0 Å². The van der Waals surface area contributed by atoms with Crippen molar-refractivity contribution in [2.75, 3.05) is 14.2 Å². The Hall–Kier alpha value is -3.94. The molecule has 0 spiro atoms. The Morgan fingerprint density at radius 3 is 2.20 bits per heavy atom. The average Bonchev–Trinajstić information content (AvgIpc) is 2.99. The molecule has 3 rings (SSSR count). The van der Waals surface area contributed by atoms with E-state index in [1.807, 2.05) is 61.5 Å². The maximum Gasteiger partial charge on any atom is 0.243 e. The van der Waals surface area contributed by atoms with Gasteiger partial charge in [0, 0.05) is 37.4 Å². The molecule has 3 amide bonds. The summed E-state index contributed by atoms with van der Waals surface area (Å²) in [5.74, 6) is -0.378. The molecular weight excluding hydrogens is 516 g/mol. The molecule has 0 bridgehead atoms. The first-order chi connectivity index (χ1) is 19.8. The van der Waals surface area contributed by atoms with Crippen LogP contribution >= 0.6 is 0 Å². The van der Waals surface area contributed by atoms with Gasteiger partial charge >= 0.3 is 0 Å². The van der Waals surface area contributed by atoms with E-state index in [2.05, 4.69) is 27.9 Å². The van der Waals surface area contributed by atoms with E-state index in [-0.39, 0.29) is 24.2 Å². The maximum absolute atomic E-state index is 13.7. The molecule has 0 aliphatic rings. The number of methoxy groups -OCH3 is 1. The summed E-state index contributed by atoms with van der Waals surface area (Å²) in [6.07, 6.45) is 8.71. The largest absolute Gasteiger partial charge is 0.497 e. The Morgan fingerprint density at radius 1 is 0.829 bits per heavy atom. The standard InChI is InChI=1S/C33H44N4O4/c1-5-6-7-8-9-11-23(2)31(38)36-30(22-25-15-18-28-26(20-25)12-10-19-35-28)33(40)37-29(32(39)34-3)21-24-13-16-27(41-4)17-14-24/h10,12-20,23,29-30H,5-9,11,21-22H2,1-4H3,(H,34,39)(H,36,38)(H,37,40)/t23?,29-,30-/m0/s1. The van der Waals surface area contributed by atoms with E-state index >= 15 is 0 Å². The molecule has 2 aromatic carbocycles. The van der Waals surface area contributed by atoms with Gasteiger partial charge in [0.05, 0.1) is 12.6 Å². The van der Waals surface area contributed by atoms with Crippen LogP contribution in [0.1, 0.15) is 63.5 Å². The highest BCUT2D eigenvalue weighted by Gasteiger charge is 2.28. The van der Waals surface area contributed by atoms with E-state index in [9.17, 15) is 14.4 Å². The number of rotatable bonds is 16. The number of carbonyl (C=O) groups excluding carboxylic acids is 3. The first-order valence-electron chi connectivity index (χ1n) is 14.6. The molecule has 0 saturated carbocycles. The van der Waals surface area contributed by atoms with Crippen molar-refractivity contribution in [3.05, 3.63) is 71.9 Å². The number of likely N-dealkylation sites (N-methyl/N-ethyl adjacent to an activating group) is 1. The summed E-state index contributed by atoms with van der Waals surface area (Å²) in [5.41, 5.74) is 2.63. The number of carbonyl (C=O) groups is 3. The molecular formula is C33H44N4O4. The van der Waals surface area contributed by atoms with E-state index in [0.29, 0.717) is 12.2 Å². The molecule has 8 nitrogen and oxygen atoms in total. The molecule has 3 atom stereocenters. The zero-order chi connectivity index (χ0) is 29.6. The molecule has 1 heterocycles. The van der Waals surface area contributed by atoms with Crippen LogP contribution in [0.5, 0.6) is 5.75 Å². The normalized spacial score (nSPS) is 13.2. The number of amides is 3. The van der Waals surface area contributed by atoms with Gasteiger partial charge in [0.25, 0.3) is 0 Å². The molecule has 3 aromatic rings. The van der Waals surface area contributed by atoms with Crippen LogP contribution in [0.3, 0.4) is 0 Å². The number of hydrogen-bond donors (Lipinski definition) is 3. The van der Waals surface area contributed by atoms with Crippen molar-refractivity contribution in [2.24, 2.45) is 5.92 Å². The lowest BCUT2D eigenvalue weighted by Crippen LogP contribution is -2.55. The molecule has 1 aromatic heterocycles. The van der Waals surface area contributed by atoms with Gasteiger partial charge in [0.2, 0.25) is 17.7 Å². The molecule has 0 saturated heterocycles. The van der Waals surface area contributed by atoms with Crippen LogP contribution in [-0.4, -0.2) is 48.9 Å². The number of nitrogens with one attached hydrogen (secondary N) is 3. The Kier molecular flexibility index (Phi) is 12.6.